The van der Waals surface area contributed by atoms with Crippen LogP contribution >= 0.6 is 0 Å². The van der Waals surface area contributed by atoms with Crippen LogP contribution in [0.4, 0.5) is 36.8 Å². The van der Waals surface area contributed by atoms with Crippen molar-refractivity contribution in [2.75, 3.05) is 25.1 Å². The topological polar surface area (TPSA) is 115 Å². The van der Waals surface area contributed by atoms with E-state index in [1.54, 1.807) is 18.2 Å². The molecular weight excluding hydrogens is 714 g/mol. The Labute approximate surface area is 309 Å². The molecule has 0 saturated carbocycles. The molecule has 6 unspecified atom stereocenters. The van der Waals surface area contributed by atoms with Crippen molar-refractivity contribution in [3.05, 3.63) is 136 Å². The van der Waals surface area contributed by atoms with Gasteiger partial charge in [0.05, 0.1) is 36.4 Å². The smallest absolute Gasteiger partial charge is 0.416 e. The summed E-state index contributed by atoms with van der Waals surface area (Å²) < 4.78 is 94.1. The summed E-state index contributed by atoms with van der Waals surface area (Å²) in [4.78, 5) is 26.1. The van der Waals surface area contributed by atoms with Gasteiger partial charge in [-0.25, -0.2) is 18.0 Å². The molecule has 0 spiro atoms. The van der Waals surface area contributed by atoms with Gasteiger partial charge in [-0.05, 0) is 79.3 Å². The average molecular weight is 757 g/mol. The van der Waals surface area contributed by atoms with Gasteiger partial charge >= 0.3 is 12.3 Å². The third-order valence-electron chi connectivity index (χ3n) is 9.52. The minimum Gasteiger partial charge on any atom is -0.448 e. The third kappa shape index (κ3) is 10.2. The molecule has 8 nitrogen and oxygen atoms in total. The van der Waals surface area contributed by atoms with E-state index in [9.17, 15) is 31.5 Å². The molecule has 0 aliphatic carbocycles. The number of alkyl halides is 3. The number of morpholine rings is 1. The second-order valence-electron chi connectivity index (χ2n) is 13.6. The number of amides is 2. The van der Waals surface area contributed by atoms with Gasteiger partial charge in [0.15, 0.2) is 0 Å². The van der Waals surface area contributed by atoms with Gasteiger partial charge in [-0.2, -0.15) is 13.2 Å². The highest BCUT2D eigenvalue weighted by atomic mass is 19.4. The average Bonchev–Trinajstić information content (AvgIpc) is 3.13. The Morgan fingerprint density at radius 2 is 1.59 bits per heavy atom. The van der Waals surface area contributed by atoms with Gasteiger partial charge in [0.1, 0.15) is 24.1 Å². The fourth-order valence-corrected chi connectivity index (χ4v) is 6.49. The number of alkyl carbamates (subject to hydrolysis) is 1. The van der Waals surface area contributed by atoms with Crippen molar-refractivity contribution in [3.8, 4) is 0 Å². The number of anilines is 1. The Morgan fingerprint density at radius 1 is 0.944 bits per heavy atom. The maximum atomic E-state index is 15.3. The molecule has 5 rings (SSSR count). The van der Waals surface area contributed by atoms with Crippen LogP contribution in [0.25, 0.3) is 0 Å². The Bertz CT molecular complexity index is 1850. The first-order chi connectivity index (χ1) is 25.6. The monoisotopic (exact) mass is 756 g/mol. The first kappa shape index (κ1) is 40.3. The van der Waals surface area contributed by atoms with Crippen LogP contribution in [0.5, 0.6) is 0 Å². The molecule has 1 aliphatic rings. The molecule has 1 fully saturated rings. The molecule has 0 bridgehead atoms. The van der Waals surface area contributed by atoms with Gasteiger partial charge in [0, 0.05) is 23.7 Å². The van der Waals surface area contributed by atoms with Crippen molar-refractivity contribution in [1.29, 1.82) is 0 Å². The standard InChI is InChI=1S/C40H42F6N4O4/c1-22-7-9-25(10-8-22)36(26-11-13-27(41)14-12-26)37(47)38(51)50-34-6-4-5-33(43)31(34)17-23(2)35-19-48-29(20-53-35)21-54-39(52)49-24(3)30-16-15-28(42)18-32(30)40(44,45)46/h4-16,18,23-24,29,35-37,48H,17,19-21,47H2,1-3H3,(H,49,52)(H,50,51). The van der Waals surface area contributed by atoms with Crippen LogP contribution in [0.1, 0.15) is 59.2 Å². The molecule has 1 saturated heterocycles. The van der Waals surface area contributed by atoms with Gasteiger partial charge in [-0.1, -0.05) is 61.0 Å². The summed E-state index contributed by atoms with van der Waals surface area (Å²) in [6.45, 7) is 5.41. The van der Waals surface area contributed by atoms with Crippen molar-refractivity contribution in [1.82, 2.24) is 10.6 Å². The molecule has 6 atom stereocenters. The number of halogens is 6. The number of hydrogen-bond donors (Lipinski definition) is 4. The Balaban J connectivity index is 1.16. The van der Waals surface area contributed by atoms with E-state index >= 15 is 4.39 Å². The van der Waals surface area contributed by atoms with E-state index in [0.717, 1.165) is 23.3 Å². The molecule has 4 aromatic rings. The van der Waals surface area contributed by atoms with E-state index in [4.69, 9.17) is 15.2 Å². The van der Waals surface area contributed by atoms with E-state index in [0.29, 0.717) is 18.2 Å². The number of rotatable bonds is 12. The SMILES string of the molecule is Cc1ccc(C(c2ccc(F)cc2)C(N)C(=O)Nc2cccc(F)c2CC(C)C2CNC(COC(=O)NC(C)c3ccc(F)cc3C(F)(F)F)CO2)cc1. The number of hydrogen-bond acceptors (Lipinski definition) is 6. The maximum absolute atomic E-state index is 15.3. The second-order valence-corrected chi connectivity index (χ2v) is 13.6. The van der Waals surface area contributed by atoms with Crippen molar-refractivity contribution in [3.63, 3.8) is 0 Å². The quantitative estimate of drug-likeness (QED) is 0.111. The number of ether oxygens (including phenoxy) is 2. The lowest BCUT2D eigenvalue weighted by atomic mass is 9.84. The molecule has 54 heavy (non-hydrogen) atoms. The second kappa shape index (κ2) is 17.5. The van der Waals surface area contributed by atoms with E-state index < -0.39 is 65.2 Å². The number of carbonyl (C=O) groups is 2. The number of nitrogens with two attached hydrogens (primary N) is 1. The largest absolute Gasteiger partial charge is 0.448 e. The zero-order valence-electron chi connectivity index (χ0n) is 29.9. The minimum absolute atomic E-state index is 0.119. The van der Waals surface area contributed by atoms with Crippen LogP contribution in [-0.2, 0) is 26.9 Å². The summed E-state index contributed by atoms with van der Waals surface area (Å²) in [5.74, 6) is -3.43. The normalized spacial score (nSPS) is 18.3. The lowest BCUT2D eigenvalue weighted by molar-refractivity contribution is -0.138. The van der Waals surface area contributed by atoms with Crippen LogP contribution in [-0.4, -0.2) is 49.9 Å². The summed E-state index contributed by atoms with van der Waals surface area (Å²) in [5, 5.41) is 8.37. The molecule has 14 heteroatoms. The Morgan fingerprint density at radius 3 is 2.22 bits per heavy atom. The zero-order valence-corrected chi connectivity index (χ0v) is 29.9. The molecule has 0 radical (unpaired) electrons. The predicted octanol–water partition coefficient (Wildman–Crippen LogP) is 7.55. The molecule has 5 N–H and O–H groups in total. The molecule has 4 aromatic carbocycles. The molecular formula is C40H42F6N4O4. The van der Waals surface area contributed by atoms with Crippen molar-refractivity contribution < 1.29 is 45.4 Å². The molecule has 288 valence electrons. The van der Waals surface area contributed by atoms with Crippen LogP contribution in [0, 0.1) is 30.3 Å². The third-order valence-corrected chi connectivity index (χ3v) is 9.52. The molecule has 1 heterocycles. The number of benzene rings is 4. The summed E-state index contributed by atoms with van der Waals surface area (Å²) in [6, 6.07) is 17.2. The summed E-state index contributed by atoms with van der Waals surface area (Å²) in [6.07, 6.45) is -5.98. The van der Waals surface area contributed by atoms with Crippen molar-refractivity contribution in [2.24, 2.45) is 11.7 Å². The van der Waals surface area contributed by atoms with Gasteiger partial charge in [-0.15, -0.1) is 0 Å². The molecule has 1 aliphatic heterocycles. The highest BCUT2D eigenvalue weighted by Gasteiger charge is 2.36. The lowest BCUT2D eigenvalue weighted by Crippen LogP contribution is -2.51. The number of aryl methyl sites for hydroxylation is 1. The lowest BCUT2D eigenvalue weighted by Gasteiger charge is -2.34. The highest BCUT2D eigenvalue weighted by molar-refractivity contribution is 5.96. The first-order valence-electron chi connectivity index (χ1n) is 17.4. The van der Waals surface area contributed by atoms with Gasteiger partial charge in [0.25, 0.3) is 0 Å². The van der Waals surface area contributed by atoms with Gasteiger partial charge < -0.3 is 31.2 Å². The Kier molecular flexibility index (Phi) is 13.0. The van der Waals surface area contributed by atoms with E-state index in [1.165, 1.54) is 31.2 Å². The zero-order chi connectivity index (χ0) is 39.2. The fraction of sp³-hybridized carbons (Fsp3) is 0.350. The van der Waals surface area contributed by atoms with Gasteiger partial charge in [-0.3, -0.25) is 4.79 Å². The van der Waals surface area contributed by atoms with Crippen LogP contribution in [0.2, 0.25) is 0 Å². The van der Waals surface area contributed by atoms with Crippen LogP contribution < -0.4 is 21.7 Å². The summed E-state index contributed by atoms with van der Waals surface area (Å²) in [5.41, 5.74) is 7.99. The van der Waals surface area contributed by atoms with Crippen molar-refractivity contribution >= 4 is 17.7 Å². The van der Waals surface area contributed by atoms with Crippen LogP contribution in [0.3, 0.4) is 0 Å². The Hall–Kier alpha value is -4.92. The first-order valence-corrected chi connectivity index (χ1v) is 17.4. The highest BCUT2D eigenvalue weighted by Crippen LogP contribution is 2.35. The fourth-order valence-electron chi connectivity index (χ4n) is 6.49. The minimum atomic E-state index is -4.82. The molecule has 2 amide bonds. The van der Waals surface area contributed by atoms with Crippen LogP contribution in [0.15, 0.2) is 84.9 Å². The maximum Gasteiger partial charge on any atom is 0.416 e. The van der Waals surface area contributed by atoms with E-state index in [1.807, 2.05) is 38.1 Å². The van der Waals surface area contributed by atoms with E-state index in [2.05, 4.69) is 16.0 Å². The predicted molar refractivity (Wildman–Crippen MR) is 191 cm³/mol. The van der Waals surface area contributed by atoms with E-state index in [-0.39, 0.29) is 48.5 Å². The van der Waals surface area contributed by atoms with Gasteiger partial charge in [0.2, 0.25) is 5.91 Å². The summed E-state index contributed by atoms with van der Waals surface area (Å²) in [7, 11) is 0. The molecule has 0 aromatic heterocycles. The summed E-state index contributed by atoms with van der Waals surface area (Å²) >= 11 is 0. The van der Waals surface area contributed by atoms with Crippen molar-refractivity contribution in [2.45, 2.75) is 63.5 Å². The number of carbonyl (C=O) groups excluding carboxylic acids is 2. The number of nitrogens with one attached hydrogen (secondary N) is 3.